The van der Waals surface area contributed by atoms with Gasteiger partial charge in [-0.05, 0) is 44.2 Å². The van der Waals surface area contributed by atoms with Gasteiger partial charge in [0, 0.05) is 32.6 Å². The van der Waals surface area contributed by atoms with Gasteiger partial charge in [-0.1, -0.05) is 32.1 Å². The van der Waals surface area contributed by atoms with Crippen LogP contribution in [0.25, 0.3) is 16.7 Å². The third-order valence-corrected chi connectivity index (χ3v) is 6.74. The van der Waals surface area contributed by atoms with Gasteiger partial charge in [-0.25, -0.2) is 4.98 Å². The van der Waals surface area contributed by atoms with Gasteiger partial charge in [-0.3, -0.25) is 9.20 Å². The molecule has 184 valence electrons. The monoisotopic (exact) mass is 467 g/mol. The van der Waals surface area contributed by atoms with Gasteiger partial charge in [0.1, 0.15) is 24.0 Å². The van der Waals surface area contributed by atoms with Crippen molar-refractivity contribution in [2.45, 2.75) is 71.1 Å². The average molecular weight is 468 g/mol. The number of nitrogens with one attached hydrogen (secondary N) is 1. The summed E-state index contributed by atoms with van der Waals surface area (Å²) in [7, 11) is 1.66. The quantitative estimate of drug-likeness (QED) is 0.329. The molecule has 0 bridgehead atoms. The smallest absolute Gasteiger partial charge is 0.204 e. The van der Waals surface area contributed by atoms with Crippen LogP contribution in [-0.2, 0) is 9.53 Å². The maximum absolute atomic E-state index is 12.2. The Labute approximate surface area is 201 Å². The van der Waals surface area contributed by atoms with Crippen molar-refractivity contribution in [1.29, 1.82) is 0 Å². The molecule has 1 saturated carbocycles. The number of benzene rings is 1. The van der Waals surface area contributed by atoms with Crippen LogP contribution in [-0.4, -0.2) is 52.2 Å². The maximum Gasteiger partial charge on any atom is 0.204 e. The molecule has 0 amide bonds. The number of hydrogen-bond donors (Lipinski definition) is 1. The topological polar surface area (TPSA) is 90.6 Å². The Morgan fingerprint density at radius 1 is 1.12 bits per heavy atom. The molecule has 1 N–H and O–H groups in total. The fourth-order valence-corrected chi connectivity index (χ4v) is 4.83. The highest BCUT2D eigenvalue weighted by molar-refractivity contribution is 5.84. The van der Waals surface area contributed by atoms with Crippen molar-refractivity contribution in [3.63, 3.8) is 0 Å². The summed E-state index contributed by atoms with van der Waals surface area (Å²) in [6, 6.07) is 5.86. The van der Waals surface area contributed by atoms with Crippen molar-refractivity contribution >= 4 is 28.3 Å². The van der Waals surface area contributed by atoms with Gasteiger partial charge < -0.3 is 14.8 Å². The van der Waals surface area contributed by atoms with Crippen molar-refractivity contribution in [2.75, 3.05) is 32.2 Å². The molecule has 0 atom stereocenters. The molecule has 1 aliphatic rings. The Morgan fingerprint density at radius 2 is 1.97 bits per heavy atom. The molecule has 1 fully saturated rings. The van der Waals surface area contributed by atoms with Gasteiger partial charge in [0.2, 0.25) is 5.65 Å². The van der Waals surface area contributed by atoms with Crippen LogP contribution in [0.5, 0.6) is 5.75 Å². The minimum Gasteiger partial charge on any atom is -0.491 e. The van der Waals surface area contributed by atoms with Gasteiger partial charge in [-0.15, -0.1) is 10.2 Å². The number of unbranched alkanes of at least 4 members (excludes halogenated alkanes) is 2. The fourth-order valence-electron chi connectivity index (χ4n) is 4.83. The number of ketones is 1. The Bertz CT molecular complexity index is 1090. The fraction of sp³-hybridized carbons (Fsp3) is 0.615. The molecule has 0 unspecified atom stereocenters. The van der Waals surface area contributed by atoms with E-state index in [2.05, 4.69) is 15.5 Å². The zero-order chi connectivity index (χ0) is 23.8. The van der Waals surface area contributed by atoms with Crippen molar-refractivity contribution in [3.8, 4) is 5.75 Å². The van der Waals surface area contributed by atoms with Crippen LogP contribution in [0.4, 0.5) is 5.82 Å². The number of fused-ring (bicyclic) bond motifs is 3. The zero-order valence-electron chi connectivity index (χ0n) is 20.5. The van der Waals surface area contributed by atoms with Gasteiger partial charge in [0.25, 0.3) is 0 Å². The Kier molecular flexibility index (Phi) is 8.68. The van der Waals surface area contributed by atoms with E-state index in [0.29, 0.717) is 25.4 Å². The summed E-state index contributed by atoms with van der Waals surface area (Å²) in [6.07, 6.45) is 10.9. The standard InChI is InChI=1S/C26H37N5O3/c1-19-29-30-26-25(27-15-7-3-4-10-21(32)12-11-20-8-5-6-9-20)28-23-18-22(34-17-16-33-2)13-14-24(23)31(19)26/h13-14,18,20H,3-12,15-17H2,1-2H3,(H,27,28). The van der Waals surface area contributed by atoms with E-state index in [1.165, 1.54) is 25.7 Å². The molecule has 0 spiro atoms. The van der Waals surface area contributed by atoms with E-state index in [1.807, 2.05) is 29.5 Å². The van der Waals surface area contributed by atoms with Crippen LogP contribution in [0.1, 0.15) is 70.0 Å². The second-order valence-corrected chi connectivity index (χ2v) is 9.32. The molecule has 0 aliphatic heterocycles. The lowest BCUT2D eigenvalue weighted by molar-refractivity contribution is -0.119. The SMILES string of the molecule is COCCOc1ccc2c(c1)nc(NCCCCCC(=O)CCC1CCCC1)c1nnc(C)n12. The lowest BCUT2D eigenvalue weighted by atomic mass is 9.98. The number of rotatable bonds is 14. The van der Waals surface area contributed by atoms with Gasteiger partial charge in [0.15, 0.2) is 5.82 Å². The first-order valence-electron chi connectivity index (χ1n) is 12.7. The predicted octanol–water partition coefficient (Wildman–Crippen LogP) is 5.12. The molecular weight excluding hydrogens is 430 g/mol. The predicted molar refractivity (Wildman–Crippen MR) is 134 cm³/mol. The molecule has 8 nitrogen and oxygen atoms in total. The lowest BCUT2D eigenvalue weighted by Gasteiger charge is -2.11. The first-order valence-corrected chi connectivity index (χ1v) is 12.7. The van der Waals surface area contributed by atoms with Crippen molar-refractivity contribution in [2.24, 2.45) is 5.92 Å². The number of hydrogen-bond acceptors (Lipinski definition) is 7. The molecule has 8 heteroatoms. The van der Waals surface area contributed by atoms with Gasteiger partial charge in [0.05, 0.1) is 17.6 Å². The molecular formula is C26H37N5O3. The normalized spacial score (nSPS) is 14.3. The number of aryl methyl sites for hydroxylation is 1. The average Bonchev–Trinajstić information content (AvgIpc) is 3.50. The first-order chi connectivity index (χ1) is 16.7. The molecule has 1 aliphatic carbocycles. The van der Waals surface area contributed by atoms with Crippen molar-refractivity contribution < 1.29 is 14.3 Å². The van der Waals surface area contributed by atoms with E-state index >= 15 is 0 Å². The van der Waals surface area contributed by atoms with Crippen LogP contribution in [0.15, 0.2) is 18.2 Å². The number of carbonyl (C=O) groups excluding carboxylic acids is 1. The summed E-state index contributed by atoms with van der Waals surface area (Å²) in [4.78, 5) is 17.0. The third kappa shape index (κ3) is 6.23. The van der Waals surface area contributed by atoms with E-state index in [1.54, 1.807) is 7.11 Å². The van der Waals surface area contributed by atoms with Crippen LogP contribution in [0.2, 0.25) is 0 Å². The first kappa shape index (κ1) is 24.4. The van der Waals surface area contributed by atoms with E-state index in [4.69, 9.17) is 14.5 Å². The van der Waals surface area contributed by atoms with Gasteiger partial charge >= 0.3 is 0 Å². The molecule has 2 heterocycles. The summed E-state index contributed by atoms with van der Waals surface area (Å²) in [5.74, 6) is 3.52. The summed E-state index contributed by atoms with van der Waals surface area (Å²) in [5, 5.41) is 12.0. The second-order valence-electron chi connectivity index (χ2n) is 9.32. The number of methoxy groups -OCH3 is 1. The molecule has 0 radical (unpaired) electrons. The van der Waals surface area contributed by atoms with E-state index in [-0.39, 0.29) is 0 Å². The molecule has 4 rings (SSSR count). The molecule has 1 aromatic carbocycles. The second kappa shape index (κ2) is 12.1. The molecule has 3 aromatic rings. The highest BCUT2D eigenvalue weighted by Crippen LogP contribution is 2.29. The van der Waals surface area contributed by atoms with Crippen LogP contribution >= 0.6 is 0 Å². The third-order valence-electron chi connectivity index (χ3n) is 6.74. The van der Waals surface area contributed by atoms with E-state index in [9.17, 15) is 4.79 Å². The number of carbonyl (C=O) groups is 1. The Balaban J connectivity index is 1.29. The van der Waals surface area contributed by atoms with E-state index in [0.717, 1.165) is 78.6 Å². The number of anilines is 1. The summed E-state index contributed by atoms with van der Waals surface area (Å²) < 4.78 is 12.8. The molecule has 34 heavy (non-hydrogen) atoms. The lowest BCUT2D eigenvalue weighted by Crippen LogP contribution is -2.08. The van der Waals surface area contributed by atoms with Crippen LogP contribution in [0.3, 0.4) is 0 Å². The Morgan fingerprint density at radius 3 is 2.79 bits per heavy atom. The minimum atomic E-state index is 0.431. The highest BCUT2D eigenvalue weighted by atomic mass is 16.5. The van der Waals surface area contributed by atoms with E-state index < -0.39 is 0 Å². The number of Topliss-reactive ketones (excluding diaryl/α,β-unsaturated/α-hetero) is 1. The molecule has 2 aromatic heterocycles. The number of nitrogens with zero attached hydrogens (tertiary/aromatic N) is 4. The molecule has 0 saturated heterocycles. The largest absolute Gasteiger partial charge is 0.491 e. The zero-order valence-corrected chi connectivity index (χ0v) is 20.5. The van der Waals surface area contributed by atoms with Crippen LogP contribution in [0, 0.1) is 12.8 Å². The van der Waals surface area contributed by atoms with Crippen LogP contribution < -0.4 is 10.1 Å². The summed E-state index contributed by atoms with van der Waals surface area (Å²) in [6.45, 7) is 3.74. The Hall–Kier alpha value is -2.74. The van der Waals surface area contributed by atoms with Crippen molar-refractivity contribution in [1.82, 2.24) is 19.6 Å². The number of aromatic nitrogens is 4. The summed E-state index contributed by atoms with van der Waals surface area (Å²) >= 11 is 0. The maximum atomic E-state index is 12.2. The van der Waals surface area contributed by atoms with Gasteiger partial charge in [-0.2, -0.15) is 0 Å². The summed E-state index contributed by atoms with van der Waals surface area (Å²) in [5.41, 5.74) is 2.49. The highest BCUT2D eigenvalue weighted by Gasteiger charge is 2.16. The number of ether oxygens (including phenoxy) is 2. The minimum absolute atomic E-state index is 0.431. The van der Waals surface area contributed by atoms with Crippen molar-refractivity contribution in [3.05, 3.63) is 24.0 Å².